The summed E-state index contributed by atoms with van der Waals surface area (Å²) in [5.41, 5.74) is 1.95. The number of hydrogen-bond acceptors (Lipinski definition) is 3. The predicted molar refractivity (Wildman–Crippen MR) is 81.1 cm³/mol. The lowest BCUT2D eigenvalue weighted by Gasteiger charge is -2.08. The Morgan fingerprint density at radius 3 is 2.67 bits per heavy atom. The molecule has 1 aliphatic rings. The van der Waals surface area contributed by atoms with E-state index in [1.165, 1.54) is 6.07 Å². The normalized spacial score (nSPS) is 13.9. The zero-order chi connectivity index (χ0) is 15.0. The lowest BCUT2D eigenvalue weighted by molar-refractivity contribution is -0.115. The Hall–Kier alpha value is -1.85. The van der Waals surface area contributed by atoms with Crippen LogP contribution in [0, 0.1) is 0 Å². The molecule has 0 bridgehead atoms. The Bertz CT molecular complexity index is 831. The highest BCUT2D eigenvalue weighted by Crippen LogP contribution is 2.28. The Kier molecular flexibility index (Phi) is 3.47. The van der Waals surface area contributed by atoms with Gasteiger partial charge in [-0.25, -0.2) is 8.42 Å². The molecule has 1 aliphatic heterocycles. The second-order valence-electron chi connectivity index (χ2n) is 4.89. The topological polar surface area (TPSA) is 63.2 Å². The number of carbonyl (C=O) groups is 1. The molecule has 0 aromatic heterocycles. The standard InChI is InChI=1S/C15H12ClNO3S/c16-13-4-2-1-3-10(13)9-21(19,20)12-5-6-14-11(7-12)8-15(18)17-14/h1-7H,8-9H2,(H,17,18). The van der Waals surface area contributed by atoms with Crippen LogP contribution in [-0.4, -0.2) is 14.3 Å². The zero-order valence-corrected chi connectivity index (χ0v) is 12.5. The molecule has 108 valence electrons. The number of hydrogen-bond donors (Lipinski definition) is 1. The monoisotopic (exact) mass is 321 g/mol. The first-order valence-electron chi connectivity index (χ1n) is 6.35. The first-order valence-corrected chi connectivity index (χ1v) is 8.38. The third-order valence-corrected chi connectivity index (χ3v) is 5.40. The fraction of sp³-hybridized carbons (Fsp3) is 0.133. The second-order valence-corrected chi connectivity index (χ2v) is 7.29. The van der Waals surface area contributed by atoms with Crippen LogP contribution < -0.4 is 5.32 Å². The number of anilines is 1. The molecule has 0 spiro atoms. The molecule has 0 saturated heterocycles. The van der Waals surface area contributed by atoms with Crippen molar-refractivity contribution in [2.75, 3.05) is 5.32 Å². The van der Waals surface area contributed by atoms with E-state index in [0.29, 0.717) is 21.8 Å². The van der Waals surface area contributed by atoms with E-state index in [1.807, 2.05) is 0 Å². The molecule has 0 atom stereocenters. The number of rotatable bonds is 3. The van der Waals surface area contributed by atoms with E-state index < -0.39 is 9.84 Å². The van der Waals surface area contributed by atoms with Gasteiger partial charge in [0.25, 0.3) is 0 Å². The lowest BCUT2D eigenvalue weighted by Crippen LogP contribution is -2.05. The third-order valence-electron chi connectivity index (χ3n) is 3.36. The molecule has 4 nitrogen and oxygen atoms in total. The minimum atomic E-state index is -3.50. The van der Waals surface area contributed by atoms with Gasteiger partial charge in [-0.2, -0.15) is 0 Å². The molecule has 1 N–H and O–H groups in total. The average molecular weight is 322 g/mol. The van der Waals surface area contributed by atoms with Gasteiger partial charge in [-0.05, 0) is 35.4 Å². The SMILES string of the molecule is O=C1Cc2cc(S(=O)(=O)Cc3ccccc3Cl)ccc2N1. The van der Waals surface area contributed by atoms with Crippen molar-refractivity contribution in [2.45, 2.75) is 17.1 Å². The fourth-order valence-corrected chi connectivity index (χ4v) is 4.01. The molecule has 1 amide bonds. The maximum atomic E-state index is 12.5. The summed E-state index contributed by atoms with van der Waals surface area (Å²) in [6, 6.07) is 11.6. The van der Waals surface area contributed by atoms with Gasteiger partial charge in [-0.1, -0.05) is 29.8 Å². The number of fused-ring (bicyclic) bond motifs is 1. The summed E-state index contributed by atoms with van der Waals surface area (Å²) < 4.78 is 24.9. The van der Waals surface area contributed by atoms with Crippen molar-refractivity contribution in [3.63, 3.8) is 0 Å². The molecule has 0 fully saturated rings. The van der Waals surface area contributed by atoms with Gasteiger partial charge in [0, 0.05) is 10.7 Å². The van der Waals surface area contributed by atoms with Gasteiger partial charge >= 0.3 is 0 Å². The van der Waals surface area contributed by atoms with E-state index in [9.17, 15) is 13.2 Å². The van der Waals surface area contributed by atoms with Crippen LogP contribution in [0.2, 0.25) is 5.02 Å². The van der Waals surface area contributed by atoms with Crippen LogP contribution in [0.15, 0.2) is 47.4 Å². The molecule has 0 aliphatic carbocycles. The van der Waals surface area contributed by atoms with Crippen LogP contribution in [0.1, 0.15) is 11.1 Å². The molecule has 6 heteroatoms. The molecule has 0 unspecified atom stereocenters. The summed E-state index contributed by atoms with van der Waals surface area (Å²) in [5, 5.41) is 3.11. The van der Waals surface area contributed by atoms with Crippen molar-refractivity contribution < 1.29 is 13.2 Å². The lowest BCUT2D eigenvalue weighted by atomic mass is 10.2. The fourth-order valence-electron chi connectivity index (χ4n) is 2.30. The van der Waals surface area contributed by atoms with Gasteiger partial charge in [-0.15, -0.1) is 0 Å². The molecule has 21 heavy (non-hydrogen) atoms. The van der Waals surface area contributed by atoms with Crippen molar-refractivity contribution in [1.29, 1.82) is 0 Å². The van der Waals surface area contributed by atoms with Crippen molar-refractivity contribution >= 4 is 33.0 Å². The van der Waals surface area contributed by atoms with Gasteiger partial charge in [-0.3, -0.25) is 4.79 Å². The summed E-state index contributed by atoms with van der Waals surface area (Å²) in [6.45, 7) is 0. The van der Waals surface area contributed by atoms with Gasteiger partial charge in [0.1, 0.15) is 0 Å². The summed E-state index contributed by atoms with van der Waals surface area (Å²) in [7, 11) is -3.50. The minimum absolute atomic E-state index is 0.120. The Labute approximate surface area is 127 Å². The number of benzene rings is 2. The highest BCUT2D eigenvalue weighted by Gasteiger charge is 2.22. The van der Waals surface area contributed by atoms with Gasteiger partial charge in [0.2, 0.25) is 5.91 Å². The molecule has 2 aromatic rings. The van der Waals surface area contributed by atoms with E-state index in [-0.39, 0.29) is 23.0 Å². The van der Waals surface area contributed by atoms with E-state index in [1.54, 1.807) is 36.4 Å². The molecular formula is C15H12ClNO3S. The number of amides is 1. The first kappa shape index (κ1) is 14.1. The molecule has 0 radical (unpaired) electrons. The quantitative estimate of drug-likeness (QED) is 0.945. The van der Waals surface area contributed by atoms with E-state index in [4.69, 9.17) is 11.6 Å². The largest absolute Gasteiger partial charge is 0.326 e. The highest BCUT2D eigenvalue weighted by molar-refractivity contribution is 7.90. The molecule has 3 rings (SSSR count). The number of carbonyl (C=O) groups excluding carboxylic acids is 1. The summed E-state index contributed by atoms with van der Waals surface area (Å²) >= 11 is 6.01. The van der Waals surface area contributed by atoms with E-state index >= 15 is 0 Å². The van der Waals surface area contributed by atoms with E-state index in [0.717, 1.165) is 0 Å². The van der Waals surface area contributed by atoms with Crippen molar-refractivity contribution in [3.8, 4) is 0 Å². The Balaban J connectivity index is 1.95. The average Bonchev–Trinajstić information content (AvgIpc) is 2.80. The maximum absolute atomic E-state index is 12.5. The highest BCUT2D eigenvalue weighted by atomic mass is 35.5. The van der Waals surface area contributed by atoms with Crippen LogP contribution in [0.5, 0.6) is 0 Å². The van der Waals surface area contributed by atoms with Gasteiger partial charge < -0.3 is 5.32 Å². The van der Waals surface area contributed by atoms with Crippen LogP contribution in [-0.2, 0) is 26.8 Å². The van der Waals surface area contributed by atoms with Crippen molar-refractivity contribution in [3.05, 3.63) is 58.6 Å². The van der Waals surface area contributed by atoms with Crippen LogP contribution in [0.4, 0.5) is 5.69 Å². The summed E-state index contributed by atoms with van der Waals surface area (Å²) in [6.07, 6.45) is 0.213. The molecule has 1 heterocycles. The maximum Gasteiger partial charge on any atom is 0.228 e. The Morgan fingerprint density at radius 1 is 1.14 bits per heavy atom. The predicted octanol–water partition coefficient (Wildman–Crippen LogP) is 2.81. The molecular weight excluding hydrogens is 310 g/mol. The third kappa shape index (κ3) is 2.80. The number of nitrogens with one attached hydrogen (secondary N) is 1. The zero-order valence-electron chi connectivity index (χ0n) is 11.0. The number of sulfone groups is 1. The number of halogens is 1. The van der Waals surface area contributed by atoms with Crippen LogP contribution in [0.25, 0.3) is 0 Å². The molecule has 2 aromatic carbocycles. The van der Waals surface area contributed by atoms with Crippen LogP contribution in [0.3, 0.4) is 0 Å². The van der Waals surface area contributed by atoms with Crippen molar-refractivity contribution in [1.82, 2.24) is 0 Å². The summed E-state index contributed by atoms with van der Waals surface area (Å²) in [5.74, 6) is -0.280. The van der Waals surface area contributed by atoms with Crippen molar-refractivity contribution in [2.24, 2.45) is 0 Å². The molecule has 0 saturated carbocycles. The second kappa shape index (κ2) is 5.16. The first-order chi connectivity index (χ1) is 9.95. The van der Waals surface area contributed by atoms with Gasteiger partial charge in [0.05, 0.1) is 17.1 Å². The van der Waals surface area contributed by atoms with E-state index in [2.05, 4.69) is 5.32 Å². The van der Waals surface area contributed by atoms with Crippen LogP contribution >= 0.6 is 11.6 Å². The van der Waals surface area contributed by atoms with Gasteiger partial charge in [0.15, 0.2) is 9.84 Å². The minimum Gasteiger partial charge on any atom is -0.326 e. The summed E-state index contributed by atoms with van der Waals surface area (Å²) in [4.78, 5) is 11.5. The smallest absolute Gasteiger partial charge is 0.228 e. The Morgan fingerprint density at radius 2 is 1.90 bits per heavy atom.